The van der Waals surface area contributed by atoms with Gasteiger partial charge in [-0.3, -0.25) is 18.6 Å². The molecule has 58 heavy (non-hydrogen) atoms. The summed E-state index contributed by atoms with van der Waals surface area (Å²) < 4.78 is 43.8. The third kappa shape index (κ3) is 14.5. The van der Waals surface area contributed by atoms with E-state index in [1.54, 1.807) is 0 Å². The van der Waals surface area contributed by atoms with E-state index in [0.29, 0.717) is 0 Å². The number of carbonyl (C=O) groups excluding carboxylic acids is 2. The van der Waals surface area contributed by atoms with Gasteiger partial charge in [-0.05, 0) is 0 Å². The zero-order valence-corrected chi connectivity index (χ0v) is 32.2. The number of carbonyl (C=O) groups is 3. The number of hydrogen-bond donors (Lipinski definition) is 17. The molecule has 2 saturated heterocycles. The van der Waals surface area contributed by atoms with Gasteiger partial charge in [0.1, 0.15) is 67.1 Å². The molecule has 0 aromatic heterocycles. The summed E-state index contributed by atoms with van der Waals surface area (Å²) in [5, 5.41) is 141. The number of carboxylic acids is 1. The monoisotopic (exact) mass is 873 g/mol. The Morgan fingerprint density at radius 2 is 1.55 bits per heavy atom. The van der Waals surface area contributed by atoms with Gasteiger partial charge in [-0.2, -0.15) is 0 Å². The van der Waals surface area contributed by atoms with E-state index in [-0.39, 0.29) is 6.54 Å². The number of phosphoric acid groups is 1. The molecular formula is C30H56N3O24P. The average Bonchev–Trinajstić information content (AvgIpc) is 3.17. The van der Waals surface area contributed by atoms with E-state index in [0.717, 1.165) is 13.8 Å². The average molecular weight is 874 g/mol. The summed E-state index contributed by atoms with van der Waals surface area (Å²) in [7, 11) is -4.71. The number of phosphoric ester groups is 1. The van der Waals surface area contributed by atoms with Crippen molar-refractivity contribution in [3.8, 4) is 0 Å². The summed E-state index contributed by atoms with van der Waals surface area (Å²) in [5.74, 6) is -6.75. The maximum atomic E-state index is 12.8. The van der Waals surface area contributed by atoms with Crippen LogP contribution in [0.4, 0.5) is 0 Å². The van der Waals surface area contributed by atoms with Crippen LogP contribution in [0.15, 0.2) is 0 Å². The normalized spacial score (nSPS) is 32.5. The fourth-order valence-corrected chi connectivity index (χ4v) is 6.70. The Kier molecular flexibility index (Phi) is 21.3. The molecule has 0 aromatic rings. The number of rotatable bonds is 25. The Morgan fingerprint density at radius 3 is 2.09 bits per heavy atom. The van der Waals surface area contributed by atoms with Gasteiger partial charge < -0.3 is 106 Å². The van der Waals surface area contributed by atoms with Gasteiger partial charge >= 0.3 is 13.8 Å². The highest BCUT2D eigenvalue weighted by Crippen LogP contribution is 2.43. The number of aliphatic carboxylic acids is 1. The minimum atomic E-state index is -4.71. The van der Waals surface area contributed by atoms with Gasteiger partial charge in [0.2, 0.25) is 11.8 Å². The molecule has 0 radical (unpaired) electrons. The van der Waals surface area contributed by atoms with Gasteiger partial charge in [-0.25, -0.2) is 9.36 Å². The van der Waals surface area contributed by atoms with E-state index < -0.39 is 176 Å². The highest BCUT2D eigenvalue weighted by Gasteiger charge is 2.59. The molecule has 2 aliphatic heterocycles. The van der Waals surface area contributed by atoms with Crippen molar-refractivity contribution >= 4 is 25.6 Å². The molecule has 2 amide bonds. The summed E-state index contributed by atoms with van der Waals surface area (Å²) in [6.07, 6.45) is -27.5. The lowest BCUT2D eigenvalue weighted by Gasteiger charge is -2.50. The minimum Gasteiger partial charge on any atom is -0.477 e. The van der Waals surface area contributed by atoms with E-state index in [4.69, 9.17) is 28.6 Å². The van der Waals surface area contributed by atoms with Crippen LogP contribution < -0.4 is 16.0 Å². The summed E-state index contributed by atoms with van der Waals surface area (Å²) in [4.78, 5) is 46.7. The molecule has 0 aliphatic carbocycles. The Bertz CT molecular complexity index is 1340. The van der Waals surface area contributed by atoms with Crippen molar-refractivity contribution < 1.29 is 118 Å². The first-order valence-corrected chi connectivity index (χ1v) is 19.2. The number of ether oxygens (including phenoxy) is 4. The molecule has 0 bridgehead atoms. The van der Waals surface area contributed by atoms with Gasteiger partial charge in [0, 0.05) is 33.4 Å². The van der Waals surface area contributed by atoms with Gasteiger partial charge in [0.25, 0.3) is 5.79 Å². The predicted octanol–water partition coefficient (Wildman–Crippen LogP) is -9.36. The van der Waals surface area contributed by atoms with Crippen LogP contribution in [-0.4, -0.2) is 239 Å². The Labute approximate surface area is 330 Å². The lowest BCUT2D eigenvalue weighted by molar-refractivity contribution is -0.375. The lowest BCUT2D eigenvalue weighted by atomic mass is 9.88. The second-order valence-corrected chi connectivity index (χ2v) is 14.9. The number of amides is 2. The van der Waals surface area contributed by atoms with Crippen LogP contribution >= 0.6 is 7.82 Å². The van der Waals surface area contributed by atoms with E-state index in [1.165, 1.54) is 0 Å². The highest BCUT2D eigenvalue weighted by molar-refractivity contribution is 7.47. The predicted molar refractivity (Wildman–Crippen MR) is 184 cm³/mol. The molecule has 2 unspecified atom stereocenters. The second kappa shape index (κ2) is 23.7. The van der Waals surface area contributed by atoms with Crippen molar-refractivity contribution in [3.63, 3.8) is 0 Å². The standard InChI is InChI=1S/C30H56N3O24P/c1-12(38)32-15(6-31-3-4-52-58(50,51)53-11-14(40)7-34)25(21(44)17(42)8-35)55-28-24(47)27(23(46)19(10-37)54-28)57-30(29(48)49)5-16(41)20(33-13(2)39)26(56-30)22(45)18(43)9-36/h14-28,31,34-37,40-47H,3-11H2,1-2H3,(H,32,38)(H,33,39)(H,48,49)(H,50,51)/t14?,15-,16-,17+,18+,19+,20+,21-,22+,23-,24+,25+,26+,27-,28-,30-/m0/s1. The molecule has 2 fully saturated rings. The smallest absolute Gasteiger partial charge is 0.472 e. The van der Waals surface area contributed by atoms with Gasteiger partial charge in [-0.15, -0.1) is 0 Å². The SMILES string of the molecule is CC(=O)N[C@H]1[C@H]([C@H](O)[C@H](O)CO)O[C@@](O[C@H]2[C@@H](O)[C@@H](CO)O[C@@H](O[C@@H]([C@@H](O)[C@H](O)CO)[C@H](CNCCOP(=O)(O)OCC(O)CO)NC(C)=O)[C@@H]2O)(C(=O)O)C[C@@H]1O. The van der Waals surface area contributed by atoms with Crippen molar-refractivity contribution in [1.29, 1.82) is 0 Å². The number of aliphatic hydroxyl groups excluding tert-OH is 12. The molecule has 17 atom stereocenters. The zero-order valence-electron chi connectivity index (χ0n) is 31.3. The van der Waals surface area contributed by atoms with Crippen LogP contribution in [0.5, 0.6) is 0 Å². The molecule has 17 N–H and O–H groups in total. The lowest BCUT2D eigenvalue weighted by Crippen LogP contribution is -2.70. The largest absolute Gasteiger partial charge is 0.477 e. The van der Waals surface area contributed by atoms with E-state index >= 15 is 0 Å². The van der Waals surface area contributed by atoms with Crippen molar-refractivity contribution in [2.45, 2.75) is 118 Å². The number of nitrogens with one attached hydrogen (secondary N) is 3. The van der Waals surface area contributed by atoms with Crippen LogP contribution in [-0.2, 0) is 46.9 Å². The second-order valence-electron chi connectivity index (χ2n) is 13.5. The Balaban J connectivity index is 2.44. The molecule has 2 heterocycles. The number of hydrogen-bond acceptors (Lipinski definition) is 23. The molecule has 2 rings (SSSR count). The third-order valence-corrected chi connectivity index (χ3v) is 9.85. The van der Waals surface area contributed by atoms with Crippen LogP contribution in [0, 0.1) is 0 Å². The van der Waals surface area contributed by atoms with Crippen LogP contribution in [0.2, 0.25) is 0 Å². The first-order chi connectivity index (χ1) is 27.1. The number of carboxylic acid groups (broad SMARTS) is 1. The molecule has 2 aliphatic rings. The maximum Gasteiger partial charge on any atom is 0.472 e. The molecule has 340 valence electrons. The third-order valence-electron chi connectivity index (χ3n) is 8.87. The van der Waals surface area contributed by atoms with Crippen molar-refractivity contribution in [1.82, 2.24) is 16.0 Å². The summed E-state index contributed by atoms with van der Waals surface area (Å²) >= 11 is 0. The van der Waals surface area contributed by atoms with E-state index in [9.17, 15) is 85.1 Å². The summed E-state index contributed by atoms with van der Waals surface area (Å²) in [6, 6.07) is -3.08. The Hall–Kier alpha value is -2.16. The summed E-state index contributed by atoms with van der Waals surface area (Å²) in [5.41, 5.74) is 0. The fourth-order valence-electron chi connectivity index (χ4n) is 5.94. The van der Waals surface area contributed by atoms with Crippen LogP contribution in [0.1, 0.15) is 20.3 Å². The fraction of sp³-hybridized carbons (Fsp3) is 0.900. The van der Waals surface area contributed by atoms with Crippen molar-refractivity contribution in [3.05, 3.63) is 0 Å². The molecule has 0 aromatic carbocycles. The molecule has 0 spiro atoms. The molecule has 27 nitrogen and oxygen atoms in total. The van der Waals surface area contributed by atoms with Gasteiger partial charge in [-0.1, -0.05) is 0 Å². The van der Waals surface area contributed by atoms with Gasteiger partial charge in [0.15, 0.2) is 6.29 Å². The maximum absolute atomic E-state index is 12.8. The first kappa shape index (κ1) is 52.0. The van der Waals surface area contributed by atoms with Gasteiger partial charge in [0.05, 0.1) is 57.8 Å². The molecule has 0 saturated carbocycles. The Morgan fingerprint density at radius 1 is 0.914 bits per heavy atom. The van der Waals surface area contributed by atoms with E-state index in [2.05, 4.69) is 20.5 Å². The first-order valence-electron chi connectivity index (χ1n) is 17.7. The number of aliphatic hydroxyl groups is 12. The summed E-state index contributed by atoms with van der Waals surface area (Å²) in [6.45, 7) is -4.03. The van der Waals surface area contributed by atoms with Crippen LogP contribution in [0.3, 0.4) is 0 Å². The minimum absolute atomic E-state index is 0.286. The van der Waals surface area contributed by atoms with Crippen molar-refractivity contribution in [2.75, 3.05) is 52.7 Å². The topological polar surface area (TPSA) is 443 Å². The van der Waals surface area contributed by atoms with Crippen LogP contribution in [0.25, 0.3) is 0 Å². The van der Waals surface area contributed by atoms with E-state index in [1.807, 2.05) is 0 Å². The molecule has 28 heteroatoms. The quantitative estimate of drug-likeness (QED) is 0.0299. The van der Waals surface area contributed by atoms with Crippen molar-refractivity contribution in [2.24, 2.45) is 0 Å². The zero-order chi connectivity index (χ0) is 44.1. The highest BCUT2D eigenvalue weighted by atomic mass is 31.2. The molecular weight excluding hydrogens is 817 g/mol.